The van der Waals surface area contributed by atoms with Crippen LogP contribution in [0, 0.1) is 13.8 Å². The van der Waals surface area contributed by atoms with Crippen molar-refractivity contribution in [3.63, 3.8) is 0 Å². The van der Waals surface area contributed by atoms with E-state index in [-0.39, 0.29) is 11.4 Å². The van der Waals surface area contributed by atoms with E-state index in [2.05, 4.69) is 33.4 Å². The second kappa shape index (κ2) is 8.89. The molecule has 0 spiro atoms. The predicted molar refractivity (Wildman–Crippen MR) is 118 cm³/mol. The highest BCUT2D eigenvalue weighted by atomic mass is 35.5. The summed E-state index contributed by atoms with van der Waals surface area (Å²) in [6.07, 6.45) is -1.01. The van der Waals surface area contributed by atoms with Gasteiger partial charge in [-0.25, -0.2) is 4.98 Å². The van der Waals surface area contributed by atoms with Crippen LogP contribution in [-0.2, 0) is 12.6 Å². The fourth-order valence-corrected chi connectivity index (χ4v) is 3.20. The fourth-order valence-electron chi connectivity index (χ4n) is 3.02. The third-order valence-corrected chi connectivity index (χ3v) is 4.77. The standard InChI is InChI=1S/C23H20ClF3N4/c1-13(30-19-10-20(23(25,26)27)15(3)28-11-19)9-17-5-7-18(8-6-17)21-12-29-16(4)22(31-21)14(2)24/h5-8,10-12,30H,1-2,9H2,3-4H3. The van der Waals surface area contributed by atoms with Gasteiger partial charge in [0.25, 0.3) is 0 Å². The number of aromatic nitrogens is 3. The summed E-state index contributed by atoms with van der Waals surface area (Å²) in [4.78, 5) is 12.6. The highest BCUT2D eigenvalue weighted by Crippen LogP contribution is 2.32. The van der Waals surface area contributed by atoms with Gasteiger partial charge in [0, 0.05) is 23.4 Å². The molecule has 0 fully saturated rings. The van der Waals surface area contributed by atoms with Gasteiger partial charge in [-0.05, 0) is 25.5 Å². The topological polar surface area (TPSA) is 50.7 Å². The van der Waals surface area contributed by atoms with E-state index in [0.717, 1.165) is 17.2 Å². The minimum atomic E-state index is -4.46. The number of nitrogens with zero attached hydrogens (tertiary/aromatic N) is 3. The Morgan fingerprint density at radius 1 is 1.03 bits per heavy atom. The molecule has 0 amide bonds. The molecule has 0 atom stereocenters. The Labute approximate surface area is 183 Å². The van der Waals surface area contributed by atoms with Gasteiger partial charge in [-0.2, -0.15) is 13.2 Å². The maximum absolute atomic E-state index is 13.1. The van der Waals surface area contributed by atoms with Crippen LogP contribution >= 0.6 is 11.6 Å². The molecule has 4 nitrogen and oxygen atoms in total. The van der Waals surface area contributed by atoms with E-state index in [1.807, 2.05) is 31.2 Å². The average molecular weight is 445 g/mol. The van der Waals surface area contributed by atoms with Crippen LogP contribution < -0.4 is 5.32 Å². The zero-order valence-electron chi connectivity index (χ0n) is 17.0. The molecular weight excluding hydrogens is 425 g/mol. The molecule has 0 bridgehead atoms. The molecule has 0 aliphatic heterocycles. The predicted octanol–water partition coefficient (Wildman–Crippen LogP) is 6.55. The summed E-state index contributed by atoms with van der Waals surface area (Å²) < 4.78 is 39.2. The van der Waals surface area contributed by atoms with E-state index in [1.165, 1.54) is 13.1 Å². The van der Waals surface area contributed by atoms with Gasteiger partial charge in [-0.1, -0.05) is 49.0 Å². The number of hydrogen-bond acceptors (Lipinski definition) is 4. The summed E-state index contributed by atoms with van der Waals surface area (Å²) in [5, 5.41) is 3.22. The van der Waals surface area contributed by atoms with Crippen molar-refractivity contribution in [2.24, 2.45) is 0 Å². The molecule has 3 aromatic rings. The third kappa shape index (κ3) is 5.49. The molecule has 0 aliphatic rings. The summed E-state index contributed by atoms with van der Waals surface area (Å²) in [6, 6.07) is 8.60. The van der Waals surface area contributed by atoms with Crippen molar-refractivity contribution in [1.82, 2.24) is 15.0 Å². The van der Waals surface area contributed by atoms with Gasteiger partial charge in [0.15, 0.2) is 0 Å². The number of aryl methyl sites for hydroxylation is 2. The normalized spacial score (nSPS) is 11.3. The van der Waals surface area contributed by atoms with Crippen molar-refractivity contribution < 1.29 is 13.2 Å². The maximum atomic E-state index is 13.1. The number of hydrogen-bond donors (Lipinski definition) is 1. The second-order valence-electron chi connectivity index (χ2n) is 7.05. The first-order valence-electron chi connectivity index (χ1n) is 9.31. The average Bonchev–Trinajstić information content (AvgIpc) is 2.69. The molecule has 1 aromatic carbocycles. The van der Waals surface area contributed by atoms with Gasteiger partial charge in [0.2, 0.25) is 0 Å². The highest BCUT2D eigenvalue weighted by molar-refractivity contribution is 6.48. The number of rotatable bonds is 6. The first kappa shape index (κ1) is 22.5. The van der Waals surface area contributed by atoms with E-state index in [4.69, 9.17) is 11.6 Å². The van der Waals surface area contributed by atoms with Crippen molar-refractivity contribution in [3.8, 4) is 11.3 Å². The van der Waals surface area contributed by atoms with Crippen LogP contribution in [0.3, 0.4) is 0 Å². The van der Waals surface area contributed by atoms with Gasteiger partial charge in [-0.3, -0.25) is 9.97 Å². The Kier molecular flexibility index (Phi) is 6.45. The lowest BCUT2D eigenvalue weighted by atomic mass is 10.1. The van der Waals surface area contributed by atoms with Crippen LogP contribution in [0.25, 0.3) is 16.3 Å². The van der Waals surface area contributed by atoms with Gasteiger partial charge in [-0.15, -0.1) is 0 Å². The SMILES string of the molecule is C=C(Cc1ccc(-c2cnc(C)c(C(=C)Cl)n2)cc1)Nc1cnc(C)c(C(F)(F)F)c1. The summed E-state index contributed by atoms with van der Waals surface area (Å²) >= 11 is 5.98. The minimum absolute atomic E-state index is 0.0700. The quantitative estimate of drug-likeness (QED) is 0.468. The summed E-state index contributed by atoms with van der Waals surface area (Å²) in [5.41, 5.74) is 3.63. The molecule has 0 saturated carbocycles. The van der Waals surface area contributed by atoms with Gasteiger partial charge < -0.3 is 5.32 Å². The van der Waals surface area contributed by atoms with Crippen LogP contribution in [-0.4, -0.2) is 15.0 Å². The molecule has 8 heteroatoms. The smallest absolute Gasteiger partial charge is 0.358 e. The van der Waals surface area contributed by atoms with Crippen LogP contribution in [0.4, 0.5) is 18.9 Å². The van der Waals surface area contributed by atoms with E-state index in [0.29, 0.717) is 34.2 Å². The van der Waals surface area contributed by atoms with Crippen molar-refractivity contribution in [2.75, 3.05) is 5.32 Å². The summed E-state index contributed by atoms with van der Waals surface area (Å²) in [6.45, 7) is 10.8. The zero-order chi connectivity index (χ0) is 22.8. The van der Waals surface area contributed by atoms with Crippen molar-refractivity contribution in [2.45, 2.75) is 26.4 Å². The molecule has 0 radical (unpaired) electrons. The van der Waals surface area contributed by atoms with Crippen molar-refractivity contribution in [1.29, 1.82) is 0 Å². The minimum Gasteiger partial charge on any atom is -0.358 e. The molecule has 2 aromatic heterocycles. The zero-order valence-corrected chi connectivity index (χ0v) is 17.8. The lowest BCUT2D eigenvalue weighted by Crippen LogP contribution is -2.10. The van der Waals surface area contributed by atoms with Gasteiger partial charge in [0.1, 0.15) is 5.69 Å². The molecule has 0 saturated heterocycles. The third-order valence-electron chi connectivity index (χ3n) is 4.59. The number of nitrogens with one attached hydrogen (secondary N) is 1. The van der Waals surface area contributed by atoms with Crippen molar-refractivity contribution in [3.05, 3.63) is 89.8 Å². The maximum Gasteiger partial charge on any atom is 0.418 e. The largest absolute Gasteiger partial charge is 0.418 e. The Morgan fingerprint density at radius 2 is 1.68 bits per heavy atom. The second-order valence-corrected chi connectivity index (χ2v) is 7.51. The number of pyridine rings is 1. The lowest BCUT2D eigenvalue weighted by molar-refractivity contribution is -0.138. The molecule has 0 unspecified atom stereocenters. The molecular formula is C23H20ClF3N4. The molecule has 31 heavy (non-hydrogen) atoms. The van der Waals surface area contributed by atoms with E-state index in [9.17, 15) is 13.2 Å². The van der Waals surface area contributed by atoms with Crippen LogP contribution in [0.2, 0.25) is 0 Å². The first-order chi connectivity index (χ1) is 14.5. The van der Waals surface area contributed by atoms with E-state index in [1.54, 1.807) is 6.20 Å². The molecule has 1 N–H and O–H groups in total. The monoisotopic (exact) mass is 444 g/mol. The summed E-state index contributed by atoms with van der Waals surface area (Å²) in [7, 11) is 0. The Morgan fingerprint density at radius 3 is 2.29 bits per heavy atom. The number of benzene rings is 1. The van der Waals surface area contributed by atoms with E-state index < -0.39 is 11.7 Å². The number of halogens is 4. The molecule has 2 heterocycles. The van der Waals surface area contributed by atoms with Crippen molar-refractivity contribution >= 4 is 22.3 Å². The Bertz CT molecular complexity index is 1140. The van der Waals surface area contributed by atoms with Gasteiger partial charge in [0.05, 0.1) is 40.1 Å². The molecule has 3 rings (SSSR count). The van der Waals surface area contributed by atoms with Crippen LogP contribution in [0.1, 0.15) is 28.2 Å². The first-order valence-corrected chi connectivity index (χ1v) is 9.68. The summed E-state index contributed by atoms with van der Waals surface area (Å²) in [5.74, 6) is 0. The Hall–Kier alpha value is -3.19. The number of anilines is 1. The number of allylic oxidation sites excluding steroid dienone is 1. The van der Waals surface area contributed by atoms with Gasteiger partial charge >= 0.3 is 6.18 Å². The lowest BCUT2D eigenvalue weighted by Gasteiger charge is -2.14. The van der Waals surface area contributed by atoms with Crippen LogP contribution in [0.15, 0.2) is 61.6 Å². The number of alkyl halides is 3. The highest BCUT2D eigenvalue weighted by Gasteiger charge is 2.33. The molecule has 0 aliphatic carbocycles. The van der Waals surface area contributed by atoms with Crippen LogP contribution in [0.5, 0.6) is 0 Å². The fraction of sp³-hybridized carbons (Fsp3) is 0.174. The van der Waals surface area contributed by atoms with E-state index >= 15 is 0 Å². The Balaban J connectivity index is 1.71. The molecule has 160 valence electrons.